The van der Waals surface area contributed by atoms with Gasteiger partial charge in [-0.25, -0.2) is 4.79 Å². The monoisotopic (exact) mass is 256 g/mol. The van der Waals surface area contributed by atoms with Crippen molar-refractivity contribution < 1.29 is 23.9 Å². The van der Waals surface area contributed by atoms with Gasteiger partial charge in [0, 0.05) is 18.4 Å². The molecular formula is C13H20O5. The maximum Gasteiger partial charge on any atom is 0.334 e. The van der Waals surface area contributed by atoms with Gasteiger partial charge >= 0.3 is 11.9 Å². The number of rotatable bonds is 8. The third-order valence-corrected chi connectivity index (χ3v) is 2.59. The molecule has 0 bridgehead atoms. The number of unbranched alkanes of at least 4 members (excludes halogenated alkanes) is 1. The predicted molar refractivity (Wildman–Crippen MR) is 65.8 cm³/mol. The molecule has 0 aromatic heterocycles. The van der Waals surface area contributed by atoms with Crippen LogP contribution in [-0.2, 0) is 23.9 Å². The highest BCUT2D eigenvalue weighted by Crippen LogP contribution is 2.18. The number of hydrogen-bond donors (Lipinski definition) is 0. The number of Topliss-reactive ketones (excluding diaryl/α,β-unsaturated/α-hetero) is 1. The zero-order valence-electron chi connectivity index (χ0n) is 11.2. The first-order chi connectivity index (χ1) is 8.47. The number of carbonyl (C=O) groups is 3. The molecule has 1 unspecified atom stereocenters. The maximum atomic E-state index is 11.6. The highest BCUT2D eigenvalue weighted by Gasteiger charge is 2.29. The molecule has 0 heterocycles. The van der Waals surface area contributed by atoms with Gasteiger partial charge in [-0.3, -0.25) is 9.59 Å². The summed E-state index contributed by atoms with van der Waals surface area (Å²) in [6, 6.07) is 0. The van der Waals surface area contributed by atoms with Crippen LogP contribution in [0, 0.1) is 5.92 Å². The van der Waals surface area contributed by atoms with Crippen molar-refractivity contribution in [1.82, 2.24) is 0 Å². The number of ketones is 1. The van der Waals surface area contributed by atoms with Crippen molar-refractivity contribution in [2.45, 2.75) is 32.6 Å². The van der Waals surface area contributed by atoms with Gasteiger partial charge in [0.2, 0.25) is 0 Å². The van der Waals surface area contributed by atoms with E-state index in [1.54, 1.807) is 0 Å². The van der Waals surface area contributed by atoms with Gasteiger partial charge in [0.1, 0.15) is 5.78 Å². The minimum Gasteiger partial charge on any atom is -0.469 e. The lowest BCUT2D eigenvalue weighted by Crippen LogP contribution is -2.25. The third-order valence-electron chi connectivity index (χ3n) is 2.59. The molecule has 1 atom stereocenters. The van der Waals surface area contributed by atoms with Crippen LogP contribution in [0.1, 0.15) is 32.6 Å². The molecule has 0 aliphatic heterocycles. The van der Waals surface area contributed by atoms with Crippen LogP contribution >= 0.6 is 0 Å². The fraction of sp³-hybridized carbons (Fsp3) is 0.615. The van der Waals surface area contributed by atoms with E-state index in [-0.39, 0.29) is 17.8 Å². The second kappa shape index (κ2) is 8.44. The molecule has 0 aliphatic carbocycles. The Bertz CT molecular complexity index is 332. The number of hydrogen-bond acceptors (Lipinski definition) is 5. The predicted octanol–water partition coefficient (Wildman–Crippen LogP) is 1.65. The van der Waals surface area contributed by atoms with Crippen molar-refractivity contribution >= 4 is 17.7 Å². The van der Waals surface area contributed by atoms with E-state index in [1.165, 1.54) is 14.2 Å². The van der Waals surface area contributed by atoms with Crippen molar-refractivity contribution in [3.8, 4) is 0 Å². The fourth-order valence-corrected chi connectivity index (χ4v) is 1.47. The van der Waals surface area contributed by atoms with Gasteiger partial charge in [-0.1, -0.05) is 19.9 Å². The summed E-state index contributed by atoms with van der Waals surface area (Å²) in [6.07, 6.45) is 1.98. The van der Waals surface area contributed by atoms with Crippen LogP contribution in [0.5, 0.6) is 0 Å². The molecule has 0 rings (SSSR count). The molecule has 0 aliphatic rings. The summed E-state index contributed by atoms with van der Waals surface area (Å²) in [5, 5.41) is 0. The molecule has 18 heavy (non-hydrogen) atoms. The Kier molecular flexibility index (Phi) is 7.67. The van der Waals surface area contributed by atoms with Crippen molar-refractivity contribution in [3.63, 3.8) is 0 Å². The normalized spacial score (nSPS) is 11.5. The topological polar surface area (TPSA) is 69.7 Å². The number of carbonyl (C=O) groups excluding carboxylic acids is 3. The Labute approximate surface area is 107 Å². The summed E-state index contributed by atoms with van der Waals surface area (Å²) >= 11 is 0. The van der Waals surface area contributed by atoms with E-state index in [9.17, 15) is 14.4 Å². The smallest absolute Gasteiger partial charge is 0.334 e. The molecule has 102 valence electrons. The number of ether oxygens (including phenoxy) is 2. The first kappa shape index (κ1) is 16.4. The summed E-state index contributed by atoms with van der Waals surface area (Å²) in [5.41, 5.74) is -0.0470. The Morgan fingerprint density at radius 1 is 1.17 bits per heavy atom. The second-order valence-corrected chi connectivity index (χ2v) is 3.94. The summed E-state index contributed by atoms with van der Waals surface area (Å²) in [4.78, 5) is 34.5. The molecule has 0 spiro atoms. The van der Waals surface area contributed by atoms with Gasteiger partial charge in [0.25, 0.3) is 0 Å². The average molecular weight is 256 g/mol. The quantitative estimate of drug-likeness (QED) is 0.488. The van der Waals surface area contributed by atoms with E-state index >= 15 is 0 Å². The van der Waals surface area contributed by atoms with Crippen LogP contribution in [-0.4, -0.2) is 31.9 Å². The third kappa shape index (κ3) is 5.12. The van der Waals surface area contributed by atoms with Crippen molar-refractivity contribution in [1.29, 1.82) is 0 Å². The first-order valence-corrected chi connectivity index (χ1v) is 5.84. The van der Waals surface area contributed by atoms with E-state index in [2.05, 4.69) is 16.1 Å². The molecule has 0 saturated carbocycles. The van der Waals surface area contributed by atoms with Crippen LogP contribution in [0.4, 0.5) is 0 Å². The maximum absolute atomic E-state index is 11.6. The Morgan fingerprint density at radius 3 is 2.22 bits per heavy atom. The highest BCUT2D eigenvalue weighted by atomic mass is 16.5. The van der Waals surface area contributed by atoms with E-state index in [0.29, 0.717) is 6.42 Å². The molecule has 0 aromatic carbocycles. The molecule has 0 N–H and O–H groups in total. The minimum atomic E-state index is -0.952. The van der Waals surface area contributed by atoms with Gasteiger partial charge in [0.15, 0.2) is 0 Å². The van der Waals surface area contributed by atoms with Crippen LogP contribution < -0.4 is 0 Å². The van der Waals surface area contributed by atoms with Crippen molar-refractivity contribution in [2.24, 2.45) is 5.92 Å². The molecule has 0 radical (unpaired) electrons. The van der Waals surface area contributed by atoms with Crippen molar-refractivity contribution in [2.75, 3.05) is 14.2 Å². The lowest BCUT2D eigenvalue weighted by molar-refractivity contribution is -0.148. The summed E-state index contributed by atoms with van der Waals surface area (Å²) in [6.45, 7) is 5.47. The van der Waals surface area contributed by atoms with Crippen LogP contribution in [0.2, 0.25) is 0 Å². The van der Waals surface area contributed by atoms with Crippen molar-refractivity contribution in [3.05, 3.63) is 12.2 Å². The molecule has 0 aromatic rings. The number of esters is 2. The largest absolute Gasteiger partial charge is 0.469 e. The van der Waals surface area contributed by atoms with Gasteiger partial charge in [-0.2, -0.15) is 0 Å². The summed E-state index contributed by atoms with van der Waals surface area (Å²) in [5.74, 6) is -2.38. The molecule has 5 nitrogen and oxygen atoms in total. The number of methoxy groups -OCH3 is 2. The average Bonchev–Trinajstić information content (AvgIpc) is 2.39. The zero-order valence-corrected chi connectivity index (χ0v) is 11.2. The zero-order chi connectivity index (χ0) is 14.1. The molecular weight excluding hydrogens is 236 g/mol. The second-order valence-electron chi connectivity index (χ2n) is 3.94. The fourth-order valence-electron chi connectivity index (χ4n) is 1.47. The van der Waals surface area contributed by atoms with Gasteiger partial charge < -0.3 is 9.47 Å². The molecule has 5 heteroatoms. The molecule has 0 fully saturated rings. The lowest BCUT2D eigenvalue weighted by Gasteiger charge is -2.14. The first-order valence-electron chi connectivity index (χ1n) is 5.84. The van der Waals surface area contributed by atoms with Gasteiger partial charge in [0.05, 0.1) is 20.1 Å². The van der Waals surface area contributed by atoms with Gasteiger partial charge in [-0.05, 0) is 6.42 Å². The van der Waals surface area contributed by atoms with Crippen LogP contribution in [0.3, 0.4) is 0 Å². The highest BCUT2D eigenvalue weighted by molar-refractivity contribution is 5.97. The van der Waals surface area contributed by atoms with E-state index in [4.69, 9.17) is 0 Å². The Morgan fingerprint density at radius 2 is 1.78 bits per heavy atom. The summed E-state index contributed by atoms with van der Waals surface area (Å²) in [7, 11) is 2.40. The van der Waals surface area contributed by atoms with E-state index in [0.717, 1.165) is 12.8 Å². The van der Waals surface area contributed by atoms with Crippen LogP contribution in [0.25, 0.3) is 0 Å². The van der Waals surface area contributed by atoms with Crippen LogP contribution in [0.15, 0.2) is 12.2 Å². The Balaban J connectivity index is 4.70. The lowest BCUT2D eigenvalue weighted by atomic mass is 9.93. The molecule has 0 amide bonds. The van der Waals surface area contributed by atoms with E-state index in [1.807, 2.05) is 6.92 Å². The summed E-state index contributed by atoms with van der Waals surface area (Å²) < 4.78 is 9.07. The van der Waals surface area contributed by atoms with Gasteiger partial charge in [-0.15, -0.1) is 0 Å². The van der Waals surface area contributed by atoms with E-state index < -0.39 is 17.9 Å². The SMILES string of the molecule is C=C(C(=O)OC)C(CC(=O)CCCC)C(=O)OC. The standard InChI is InChI=1S/C13H20O5/c1-5-6-7-10(14)8-11(13(16)18-4)9(2)12(15)17-3/h11H,2,5-8H2,1,3-4H3. The minimum absolute atomic E-state index is 0.0470. The Hall–Kier alpha value is -1.65. The molecule has 0 saturated heterocycles.